The fourth-order valence-corrected chi connectivity index (χ4v) is 5.15. The summed E-state index contributed by atoms with van der Waals surface area (Å²) in [6.45, 7) is 7.41. The minimum atomic E-state index is -0.899. The number of carbonyl (C=O) groups is 3. The summed E-state index contributed by atoms with van der Waals surface area (Å²) in [5.41, 5.74) is 1.27. The van der Waals surface area contributed by atoms with Crippen LogP contribution >= 0.6 is 12.6 Å². The lowest BCUT2D eigenvalue weighted by molar-refractivity contribution is -0.147. The van der Waals surface area contributed by atoms with Crippen LogP contribution in [0.5, 0.6) is 0 Å². The molecule has 0 bridgehead atoms. The summed E-state index contributed by atoms with van der Waals surface area (Å²) in [5, 5.41) is 5.94. The molecular weight excluding hydrogens is 474 g/mol. The second-order valence-corrected chi connectivity index (χ2v) is 11.4. The van der Waals surface area contributed by atoms with E-state index in [1.54, 1.807) is 25.7 Å². The quantitative estimate of drug-likeness (QED) is 0.405. The molecule has 2 fully saturated rings. The number of nitrogens with one attached hydrogen (secondary N) is 2. The molecule has 0 aliphatic heterocycles. The van der Waals surface area contributed by atoms with E-state index in [2.05, 4.69) is 30.2 Å². The van der Waals surface area contributed by atoms with Crippen molar-refractivity contribution < 1.29 is 19.1 Å². The monoisotopic (exact) mass is 517 g/mol. The zero-order valence-electron chi connectivity index (χ0n) is 22.2. The molecule has 1 aromatic carbocycles. The highest BCUT2D eigenvalue weighted by atomic mass is 32.1. The van der Waals surface area contributed by atoms with E-state index in [0.29, 0.717) is 0 Å². The Hall–Kier alpha value is -2.22. The van der Waals surface area contributed by atoms with Crippen LogP contribution in [-0.2, 0) is 20.7 Å². The molecule has 8 heteroatoms. The lowest BCUT2D eigenvalue weighted by Crippen LogP contribution is -2.58. The van der Waals surface area contributed by atoms with Crippen LogP contribution in [0.15, 0.2) is 24.3 Å². The van der Waals surface area contributed by atoms with Crippen LogP contribution < -0.4 is 10.6 Å². The molecule has 2 aliphatic rings. The smallest absolute Gasteiger partial charge is 0.408 e. The molecule has 0 spiro atoms. The number of hydrogen-bond donors (Lipinski definition) is 3. The van der Waals surface area contributed by atoms with Crippen LogP contribution in [0, 0.1) is 0 Å². The fraction of sp³-hybridized carbons (Fsp3) is 0.679. The first-order valence-corrected chi connectivity index (χ1v) is 14.1. The van der Waals surface area contributed by atoms with Crippen molar-refractivity contribution in [2.75, 3.05) is 5.75 Å². The summed E-state index contributed by atoms with van der Waals surface area (Å²) in [4.78, 5) is 42.0. The van der Waals surface area contributed by atoms with Crippen LogP contribution in [0.2, 0.25) is 0 Å². The van der Waals surface area contributed by atoms with Gasteiger partial charge < -0.3 is 20.3 Å². The maximum Gasteiger partial charge on any atom is 0.408 e. The molecule has 0 heterocycles. The Morgan fingerprint density at radius 3 is 2.17 bits per heavy atom. The van der Waals surface area contributed by atoms with Gasteiger partial charge in [-0.3, -0.25) is 9.59 Å². The SMILES string of the molecule is CCc1ccc(C(C(=O)NC2CCCCC2)N(C(=O)C(CS)NC(=O)OC(C)(C)C)C2CCC2)cc1. The van der Waals surface area contributed by atoms with E-state index >= 15 is 0 Å². The van der Waals surface area contributed by atoms with Gasteiger partial charge in [-0.05, 0) is 70.4 Å². The molecule has 3 rings (SSSR count). The van der Waals surface area contributed by atoms with Crippen molar-refractivity contribution in [2.24, 2.45) is 0 Å². The number of hydrogen-bond acceptors (Lipinski definition) is 5. The van der Waals surface area contributed by atoms with E-state index in [1.807, 2.05) is 24.3 Å². The van der Waals surface area contributed by atoms with Crippen LogP contribution in [-0.4, -0.2) is 52.3 Å². The molecule has 3 amide bonds. The Kier molecular flexibility index (Phi) is 10.1. The average Bonchev–Trinajstić information content (AvgIpc) is 2.80. The van der Waals surface area contributed by atoms with E-state index in [4.69, 9.17) is 4.74 Å². The number of carbonyl (C=O) groups excluding carboxylic acids is 3. The largest absolute Gasteiger partial charge is 0.444 e. The number of aryl methyl sites for hydroxylation is 1. The molecule has 1 aromatic rings. The number of nitrogens with zero attached hydrogens (tertiary/aromatic N) is 1. The molecule has 0 aromatic heterocycles. The van der Waals surface area contributed by atoms with E-state index in [9.17, 15) is 14.4 Å². The van der Waals surface area contributed by atoms with Crippen LogP contribution in [0.1, 0.15) is 96.2 Å². The molecule has 7 nitrogen and oxygen atoms in total. The van der Waals surface area contributed by atoms with E-state index in [0.717, 1.165) is 56.9 Å². The van der Waals surface area contributed by atoms with E-state index < -0.39 is 23.8 Å². The van der Waals surface area contributed by atoms with Crippen molar-refractivity contribution in [1.82, 2.24) is 15.5 Å². The fourth-order valence-electron chi connectivity index (χ4n) is 4.90. The summed E-state index contributed by atoms with van der Waals surface area (Å²) in [6.07, 6.45) is 8.22. The Morgan fingerprint density at radius 1 is 1.03 bits per heavy atom. The predicted octanol–water partition coefficient (Wildman–Crippen LogP) is 4.94. The Bertz CT molecular complexity index is 889. The molecule has 0 radical (unpaired) electrons. The van der Waals surface area contributed by atoms with Crippen molar-refractivity contribution in [3.05, 3.63) is 35.4 Å². The van der Waals surface area contributed by atoms with E-state index in [-0.39, 0.29) is 29.7 Å². The lowest BCUT2D eigenvalue weighted by Gasteiger charge is -2.44. The second-order valence-electron chi connectivity index (χ2n) is 11.1. The predicted molar refractivity (Wildman–Crippen MR) is 145 cm³/mol. The van der Waals surface area contributed by atoms with Gasteiger partial charge in [-0.25, -0.2) is 4.79 Å². The van der Waals surface area contributed by atoms with Gasteiger partial charge >= 0.3 is 6.09 Å². The normalized spacial score (nSPS) is 18.5. The van der Waals surface area contributed by atoms with Gasteiger partial charge in [-0.2, -0.15) is 12.6 Å². The maximum absolute atomic E-state index is 14.0. The minimum Gasteiger partial charge on any atom is -0.444 e. The van der Waals surface area contributed by atoms with E-state index in [1.165, 1.54) is 12.0 Å². The van der Waals surface area contributed by atoms with Gasteiger partial charge in [0.05, 0.1) is 0 Å². The molecule has 36 heavy (non-hydrogen) atoms. The van der Waals surface area contributed by atoms with Gasteiger partial charge in [0.25, 0.3) is 0 Å². The average molecular weight is 518 g/mol. The number of thiol groups is 1. The van der Waals surface area contributed by atoms with Crippen LogP contribution in [0.3, 0.4) is 0 Å². The third-order valence-electron chi connectivity index (χ3n) is 7.08. The van der Waals surface area contributed by atoms with Gasteiger partial charge in [-0.1, -0.05) is 50.5 Å². The summed E-state index contributed by atoms with van der Waals surface area (Å²) >= 11 is 4.37. The topological polar surface area (TPSA) is 87.7 Å². The van der Waals surface area contributed by atoms with Crippen molar-refractivity contribution in [3.8, 4) is 0 Å². The summed E-state index contributed by atoms with van der Waals surface area (Å²) < 4.78 is 5.39. The molecule has 0 saturated heterocycles. The second kappa shape index (κ2) is 12.8. The van der Waals surface area contributed by atoms with Gasteiger partial charge in [-0.15, -0.1) is 0 Å². The van der Waals surface area contributed by atoms with Gasteiger partial charge in [0.15, 0.2) is 0 Å². The van der Waals surface area contributed by atoms with Crippen molar-refractivity contribution in [2.45, 2.75) is 115 Å². The van der Waals surface area contributed by atoms with Crippen LogP contribution in [0.25, 0.3) is 0 Å². The zero-order chi connectivity index (χ0) is 26.3. The summed E-state index contributed by atoms with van der Waals surface area (Å²) in [6, 6.07) is 6.36. The number of rotatable bonds is 9. The molecule has 200 valence electrons. The highest BCUT2D eigenvalue weighted by molar-refractivity contribution is 7.80. The highest BCUT2D eigenvalue weighted by Crippen LogP contribution is 2.34. The first-order chi connectivity index (χ1) is 17.1. The Morgan fingerprint density at radius 2 is 1.67 bits per heavy atom. The third kappa shape index (κ3) is 7.64. The zero-order valence-corrected chi connectivity index (χ0v) is 23.1. The number of ether oxygens (including phenoxy) is 1. The number of amides is 3. The highest BCUT2D eigenvalue weighted by Gasteiger charge is 2.42. The molecule has 2 saturated carbocycles. The van der Waals surface area contributed by atoms with Gasteiger partial charge in [0.1, 0.15) is 17.7 Å². The summed E-state index contributed by atoms with van der Waals surface area (Å²) in [7, 11) is 0. The van der Waals surface area contributed by atoms with Gasteiger partial charge in [0.2, 0.25) is 11.8 Å². The molecule has 2 aliphatic carbocycles. The number of benzene rings is 1. The maximum atomic E-state index is 14.0. The standard InChI is InChI=1S/C28H43N3O4S/c1-5-19-14-16-20(17-15-19)24(25(32)29-21-10-7-6-8-11-21)31(22-12-9-13-22)26(33)23(18-36)30-27(34)35-28(2,3)4/h14-17,21-24,36H,5-13,18H2,1-4H3,(H,29,32)(H,30,34). The Labute approximate surface area is 221 Å². The molecule has 2 unspecified atom stereocenters. The molecular formula is C28H43N3O4S. The van der Waals surface area contributed by atoms with Gasteiger partial charge in [0, 0.05) is 17.8 Å². The summed E-state index contributed by atoms with van der Waals surface area (Å²) in [5.74, 6) is -0.349. The molecule has 2 N–H and O–H groups in total. The van der Waals surface area contributed by atoms with Crippen molar-refractivity contribution in [1.29, 1.82) is 0 Å². The van der Waals surface area contributed by atoms with Crippen LogP contribution in [0.4, 0.5) is 4.79 Å². The minimum absolute atomic E-state index is 0.0618. The number of alkyl carbamates (subject to hydrolysis) is 1. The lowest BCUT2D eigenvalue weighted by atomic mass is 9.87. The van der Waals surface area contributed by atoms with Crippen molar-refractivity contribution in [3.63, 3.8) is 0 Å². The first kappa shape index (κ1) is 28.4. The molecule has 2 atom stereocenters. The first-order valence-electron chi connectivity index (χ1n) is 13.4. The Balaban J connectivity index is 1.91. The van der Waals surface area contributed by atoms with Crippen molar-refractivity contribution >= 4 is 30.5 Å². The third-order valence-corrected chi connectivity index (χ3v) is 7.44.